The zero-order valence-corrected chi connectivity index (χ0v) is 13.5. The summed E-state index contributed by atoms with van der Waals surface area (Å²) in [5.74, 6) is 5.58. The van der Waals surface area contributed by atoms with Crippen molar-refractivity contribution in [3.8, 4) is 0 Å². The highest BCUT2D eigenvalue weighted by molar-refractivity contribution is 5.28. The van der Waals surface area contributed by atoms with E-state index in [2.05, 4.69) is 19.3 Å². The van der Waals surface area contributed by atoms with Crippen LogP contribution < -0.4 is 11.3 Å². The first-order chi connectivity index (χ1) is 9.82. The third-order valence-electron chi connectivity index (χ3n) is 4.95. The van der Waals surface area contributed by atoms with Crippen LogP contribution in [0.5, 0.6) is 0 Å². The molecule has 1 aromatic rings. The molecule has 1 unspecified atom stereocenters. The lowest BCUT2D eigenvalue weighted by Crippen LogP contribution is -2.51. The number of halogens is 1. The summed E-state index contributed by atoms with van der Waals surface area (Å²) in [6.07, 6.45) is 3.99. The number of hydrogen-bond acceptors (Lipinski definition) is 3. The van der Waals surface area contributed by atoms with Crippen LogP contribution in [0.2, 0.25) is 0 Å². The average Bonchev–Trinajstić information content (AvgIpc) is 2.41. The molecule has 0 saturated heterocycles. The van der Waals surface area contributed by atoms with Gasteiger partial charge in [-0.2, -0.15) is 0 Å². The molecule has 0 spiro atoms. The van der Waals surface area contributed by atoms with E-state index in [4.69, 9.17) is 10.6 Å². The smallest absolute Gasteiger partial charge is 0.123 e. The zero-order valence-electron chi connectivity index (χ0n) is 13.5. The van der Waals surface area contributed by atoms with Gasteiger partial charge in [-0.15, -0.1) is 0 Å². The van der Waals surface area contributed by atoms with Gasteiger partial charge in [-0.05, 0) is 61.3 Å². The van der Waals surface area contributed by atoms with Gasteiger partial charge in [-0.3, -0.25) is 11.3 Å². The number of methoxy groups -OCH3 is 1. The van der Waals surface area contributed by atoms with Crippen molar-refractivity contribution >= 4 is 0 Å². The van der Waals surface area contributed by atoms with Gasteiger partial charge in [0.2, 0.25) is 0 Å². The number of hydrogen-bond donors (Lipinski definition) is 2. The van der Waals surface area contributed by atoms with E-state index in [0.717, 1.165) is 36.8 Å². The molecular weight excluding hydrogens is 267 g/mol. The lowest BCUT2D eigenvalue weighted by Gasteiger charge is -2.47. The van der Waals surface area contributed by atoms with Crippen LogP contribution in [0.3, 0.4) is 0 Å². The van der Waals surface area contributed by atoms with E-state index in [1.165, 1.54) is 6.07 Å². The number of aryl methyl sites for hydroxylation is 1. The SMILES string of the molecule is COC1(C(NN)c2cc(C)cc(F)c2)CCC(C)(C)CC1. The van der Waals surface area contributed by atoms with Crippen LogP contribution in [0.4, 0.5) is 4.39 Å². The number of ether oxygens (including phenoxy) is 1. The molecule has 0 amide bonds. The van der Waals surface area contributed by atoms with Crippen molar-refractivity contribution in [3.63, 3.8) is 0 Å². The lowest BCUT2D eigenvalue weighted by molar-refractivity contribution is -0.0877. The molecule has 0 aromatic heterocycles. The van der Waals surface area contributed by atoms with Gasteiger partial charge in [0, 0.05) is 7.11 Å². The minimum absolute atomic E-state index is 0.201. The Morgan fingerprint density at radius 3 is 2.29 bits per heavy atom. The van der Waals surface area contributed by atoms with Gasteiger partial charge in [0.05, 0.1) is 11.6 Å². The fraction of sp³-hybridized carbons (Fsp3) is 0.647. The molecule has 2 rings (SSSR count). The van der Waals surface area contributed by atoms with E-state index in [1.54, 1.807) is 13.2 Å². The first-order valence-corrected chi connectivity index (χ1v) is 7.60. The van der Waals surface area contributed by atoms with Crippen LogP contribution in [0.25, 0.3) is 0 Å². The molecule has 1 aromatic carbocycles. The maximum absolute atomic E-state index is 13.7. The fourth-order valence-electron chi connectivity index (χ4n) is 3.44. The van der Waals surface area contributed by atoms with Crippen LogP contribution in [0.1, 0.15) is 56.7 Å². The molecule has 118 valence electrons. The summed E-state index contributed by atoms with van der Waals surface area (Å²) in [5, 5.41) is 0. The van der Waals surface area contributed by atoms with Crippen LogP contribution >= 0.6 is 0 Å². The number of hydrazine groups is 1. The fourth-order valence-corrected chi connectivity index (χ4v) is 3.44. The maximum Gasteiger partial charge on any atom is 0.123 e. The molecule has 3 N–H and O–H groups in total. The third kappa shape index (κ3) is 3.44. The van der Waals surface area contributed by atoms with Crippen LogP contribution in [0, 0.1) is 18.2 Å². The second kappa shape index (κ2) is 6.03. The quantitative estimate of drug-likeness (QED) is 0.658. The highest BCUT2D eigenvalue weighted by Gasteiger charge is 2.44. The standard InChI is InChI=1S/C17H27FN2O/c1-12-9-13(11-14(18)10-12)15(20-19)17(21-4)7-5-16(2,3)6-8-17/h9-11,15,20H,5-8,19H2,1-4H3. The molecule has 0 bridgehead atoms. The Kier molecular flexibility index (Phi) is 4.71. The molecule has 21 heavy (non-hydrogen) atoms. The van der Waals surface area contributed by atoms with Gasteiger partial charge >= 0.3 is 0 Å². The third-order valence-corrected chi connectivity index (χ3v) is 4.95. The van der Waals surface area contributed by atoms with E-state index < -0.39 is 0 Å². The average molecular weight is 294 g/mol. The Hall–Kier alpha value is -0.970. The lowest BCUT2D eigenvalue weighted by atomic mass is 9.67. The molecule has 0 radical (unpaired) electrons. The highest BCUT2D eigenvalue weighted by atomic mass is 19.1. The van der Waals surface area contributed by atoms with Gasteiger partial charge in [0.15, 0.2) is 0 Å². The van der Waals surface area contributed by atoms with E-state index in [-0.39, 0.29) is 17.5 Å². The molecule has 1 aliphatic rings. The Labute approximate surface area is 127 Å². The van der Waals surface area contributed by atoms with Crippen LogP contribution in [0.15, 0.2) is 18.2 Å². The summed E-state index contributed by atoms with van der Waals surface area (Å²) in [7, 11) is 1.73. The van der Waals surface area contributed by atoms with Gasteiger partial charge in [-0.1, -0.05) is 19.9 Å². The molecule has 0 aliphatic heterocycles. The van der Waals surface area contributed by atoms with Crippen molar-refractivity contribution < 1.29 is 9.13 Å². The minimum atomic E-state index is -0.371. The Balaban J connectivity index is 2.34. The van der Waals surface area contributed by atoms with Crippen molar-refractivity contribution in [1.82, 2.24) is 5.43 Å². The largest absolute Gasteiger partial charge is 0.376 e. The van der Waals surface area contributed by atoms with E-state index >= 15 is 0 Å². The normalized spacial score (nSPS) is 22.0. The molecule has 1 aliphatic carbocycles. The predicted octanol–water partition coefficient (Wildman–Crippen LogP) is 3.62. The molecule has 0 heterocycles. The second-order valence-electron chi connectivity index (χ2n) is 7.09. The molecule has 1 atom stereocenters. The van der Waals surface area contributed by atoms with E-state index in [1.807, 2.05) is 13.0 Å². The summed E-state index contributed by atoms with van der Waals surface area (Å²) in [6.45, 7) is 6.46. The first kappa shape index (κ1) is 16.4. The van der Waals surface area contributed by atoms with Crippen molar-refractivity contribution in [1.29, 1.82) is 0 Å². The van der Waals surface area contributed by atoms with Crippen LogP contribution in [-0.2, 0) is 4.74 Å². The predicted molar refractivity (Wildman–Crippen MR) is 83.2 cm³/mol. The van der Waals surface area contributed by atoms with E-state index in [0.29, 0.717) is 5.41 Å². The minimum Gasteiger partial charge on any atom is -0.376 e. The Bertz CT molecular complexity index is 471. The van der Waals surface area contributed by atoms with Crippen molar-refractivity contribution in [2.45, 2.75) is 58.1 Å². The maximum atomic E-state index is 13.7. The number of nitrogens with one attached hydrogen (secondary N) is 1. The second-order valence-corrected chi connectivity index (χ2v) is 7.09. The molecule has 3 nitrogen and oxygen atoms in total. The zero-order chi connectivity index (χ0) is 15.7. The van der Waals surface area contributed by atoms with Crippen molar-refractivity contribution in [2.24, 2.45) is 11.3 Å². The molecular formula is C17H27FN2O. The summed E-state index contributed by atoms with van der Waals surface area (Å²) in [5.41, 5.74) is 4.59. The van der Waals surface area contributed by atoms with Gasteiger partial charge in [-0.25, -0.2) is 4.39 Å². The monoisotopic (exact) mass is 294 g/mol. The van der Waals surface area contributed by atoms with Crippen molar-refractivity contribution in [2.75, 3.05) is 7.11 Å². The van der Waals surface area contributed by atoms with Crippen LogP contribution in [-0.4, -0.2) is 12.7 Å². The summed E-state index contributed by atoms with van der Waals surface area (Å²) < 4.78 is 19.6. The summed E-state index contributed by atoms with van der Waals surface area (Å²) in [4.78, 5) is 0. The first-order valence-electron chi connectivity index (χ1n) is 7.60. The Morgan fingerprint density at radius 1 is 1.19 bits per heavy atom. The molecule has 4 heteroatoms. The molecule has 1 saturated carbocycles. The van der Waals surface area contributed by atoms with Gasteiger partial charge < -0.3 is 4.74 Å². The topological polar surface area (TPSA) is 47.3 Å². The van der Waals surface area contributed by atoms with Gasteiger partial charge in [0.1, 0.15) is 5.82 Å². The number of rotatable bonds is 4. The van der Waals surface area contributed by atoms with E-state index in [9.17, 15) is 4.39 Å². The summed E-state index contributed by atoms with van der Waals surface area (Å²) >= 11 is 0. The van der Waals surface area contributed by atoms with Crippen molar-refractivity contribution in [3.05, 3.63) is 35.1 Å². The molecule has 1 fully saturated rings. The Morgan fingerprint density at radius 2 is 1.81 bits per heavy atom. The van der Waals surface area contributed by atoms with Gasteiger partial charge in [0.25, 0.3) is 0 Å². The number of nitrogens with two attached hydrogens (primary N) is 1. The highest BCUT2D eigenvalue weighted by Crippen LogP contribution is 2.47. The summed E-state index contributed by atoms with van der Waals surface area (Å²) in [6, 6.07) is 4.86. The number of benzene rings is 1.